The molecule has 0 amide bonds. The van der Waals surface area contributed by atoms with Gasteiger partial charge in [0.05, 0.1) is 12.1 Å². The molecular formula is C30H31NO5. The number of rotatable bonds is 12. The molecule has 1 aromatic heterocycles. The van der Waals surface area contributed by atoms with Crippen LogP contribution in [0.3, 0.4) is 0 Å². The summed E-state index contributed by atoms with van der Waals surface area (Å²) in [6.45, 7) is 2.54. The fraction of sp³-hybridized carbons (Fsp3) is 0.267. The second-order valence-electron chi connectivity index (χ2n) is 8.91. The van der Waals surface area contributed by atoms with E-state index in [4.69, 9.17) is 4.74 Å². The van der Waals surface area contributed by atoms with E-state index >= 15 is 0 Å². The number of aromatic nitrogens is 1. The van der Waals surface area contributed by atoms with Crippen molar-refractivity contribution in [3.63, 3.8) is 0 Å². The van der Waals surface area contributed by atoms with Crippen LogP contribution >= 0.6 is 0 Å². The van der Waals surface area contributed by atoms with Crippen LogP contribution in [0.25, 0.3) is 27.2 Å². The lowest BCUT2D eigenvalue weighted by Gasteiger charge is -2.10. The van der Waals surface area contributed by atoms with E-state index in [2.05, 4.69) is 11.9 Å². The first-order valence-electron chi connectivity index (χ1n) is 12.4. The van der Waals surface area contributed by atoms with Crippen LogP contribution in [0, 0.1) is 0 Å². The number of aromatic carboxylic acids is 1. The molecule has 0 saturated carbocycles. The van der Waals surface area contributed by atoms with Crippen molar-refractivity contribution >= 4 is 39.2 Å². The highest BCUT2D eigenvalue weighted by atomic mass is 16.5. The summed E-state index contributed by atoms with van der Waals surface area (Å²) < 4.78 is 6.06. The van der Waals surface area contributed by atoms with Gasteiger partial charge in [0.25, 0.3) is 0 Å². The maximum atomic E-state index is 12.1. The van der Waals surface area contributed by atoms with Gasteiger partial charge in [-0.15, -0.1) is 0 Å². The Kier molecular flexibility index (Phi) is 8.06. The number of unbranched alkanes of at least 4 members (excludes halogenated alkanes) is 2. The number of carboxylic acids is 2. The highest BCUT2D eigenvalue weighted by Crippen LogP contribution is 2.33. The summed E-state index contributed by atoms with van der Waals surface area (Å²) in [5.41, 5.74) is 2.97. The van der Waals surface area contributed by atoms with Crippen molar-refractivity contribution in [3.8, 4) is 5.75 Å². The Morgan fingerprint density at radius 1 is 0.917 bits per heavy atom. The highest BCUT2D eigenvalue weighted by molar-refractivity contribution is 6.03. The van der Waals surface area contributed by atoms with Gasteiger partial charge in [-0.3, -0.25) is 0 Å². The summed E-state index contributed by atoms with van der Waals surface area (Å²) in [4.78, 5) is 26.7. The number of hydrogen-bond donors (Lipinski definition) is 3. The number of nitrogens with one attached hydrogen (secondary N) is 1. The maximum Gasteiger partial charge on any atom is 0.352 e. The summed E-state index contributed by atoms with van der Waals surface area (Å²) >= 11 is 0. The summed E-state index contributed by atoms with van der Waals surface area (Å²) in [5.74, 6) is -1.23. The van der Waals surface area contributed by atoms with Gasteiger partial charge >= 0.3 is 11.9 Å². The predicted octanol–water partition coefficient (Wildman–Crippen LogP) is 7.08. The molecule has 6 nitrogen and oxygen atoms in total. The number of ether oxygens (including phenoxy) is 1. The largest absolute Gasteiger partial charge is 0.493 e. The zero-order valence-electron chi connectivity index (χ0n) is 20.4. The number of benzene rings is 3. The number of fused-ring (bicyclic) bond motifs is 2. The lowest BCUT2D eigenvalue weighted by atomic mass is 9.96. The molecule has 4 rings (SSSR count). The first-order valence-corrected chi connectivity index (χ1v) is 12.4. The first kappa shape index (κ1) is 25.0. The van der Waals surface area contributed by atoms with E-state index in [1.54, 1.807) is 0 Å². The molecule has 0 saturated heterocycles. The summed E-state index contributed by atoms with van der Waals surface area (Å²) in [6.07, 6.45) is 5.91. The second-order valence-corrected chi connectivity index (χ2v) is 8.91. The van der Waals surface area contributed by atoms with Crippen LogP contribution in [0.15, 0.2) is 66.7 Å². The molecule has 186 valence electrons. The number of aryl methyl sites for hydroxylation is 1. The molecule has 0 bridgehead atoms. The van der Waals surface area contributed by atoms with Crippen LogP contribution in [-0.2, 0) is 11.2 Å². The van der Waals surface area contributed by atoms with Crippen LogP contribution in [0.4, 0.5) is 0 Å². The van der Waals surface area contributed by atoms with Gasteiger partial charge in [0.1, 0.15) is 11.4 Å². The monoisotopic (exact) mass is 485 g/mol. The van der Waals surface area contributed by atoms with E-state index in [1.807, 2.05) is 60.7 Å². The number of allylic oxidation sites excluding steroid dienone is 1. The van der Waals surface area contributed by atoms with Crippen LogP contribution in [-0.4, -0.2) is 33.7 Å². The quantitative estimate of drug-likeness (QED) is 0.147. The van der Waals surface area contributed by atoms with Crippen LogP contribution in [0.1, 0.15) is 60.6 Å². The molecule has 0 radical (unpaired) electrons. The normalized spacial score (nSPS) is 11.8. The number of aromatic amines is 1. The predicted molar refractivity (Wildman–Crippen MR) is 143 cm³/mol. The molecular weight excluding hydrogens is 454 g/mol. The van der Waals surface area contributed by atoms with Crippen molar-refractivity contribution in [2.24, 2.45) is 0 Å². The van der Waals surface area contributed by atoms with Gasteiger partial charge in [-0.1, -0.05) is 74.4 Å². The molecule has 1 heterocycles. The molecule has 3 aromatic carbocycles. The van der Waals surface area contributed by atoms with E-state index < -0.39 is 11.9 Å². The van der Waals surface area contributed by atoms with Crippen molar-refractivity contribution in [2.45, 2.75) is 45.4 Å². The van der Waals surface area contributed by atoms with Crippen molar-refractivity contribution in [2.75, 3.05) is 6.61 Å². The number of H-pyrrole nitrogens is 1. The topological polar surface area (TPSA) is 99.6 Å². The molecule has 6 heteroatoms. The fourth-order valence-corrected chi connectivity index (χ4v) is 4.74. The Hall–Kier alpha value is -4.06. The Balaban J connectivity index is 1.59. The average Bonchev–Trinajstić information content (AvgIpc) is 3.25. The Morgan fingerprint density at radius 2 is 1.67 bits per heavy atom. The van der Waals surface area contributed by atoms with Gasteiger partial charge < -0.3 is 19.9 Å². The minimum absolute atomic E-state index is 0.144. The van der Waals surface area contributed by atoms with Gasteiger partial charge in [0.2, 0.25) is 0 Å². The van der Waals surface area contributed by atoms with Gasteiger partial charge in [0.15, 0.2) is 0 Å². The van der Waals surface area contributed by atoms with E-state index in [9.17, 15) is 19.8 Å². The van der Waals surface area contributed by atoms with Gasteiger partial charge in [-0.25, -0.2) is 9.59 Å². The molecule has 0 aliphatic carbocycles. The smallest absolute Gasteiger partial charge is 0.352 e. The molecule has 0 unspecified atom stereocenters. The number of carboxylic acid groups (broad SMARTS) is 2. The third-order valence-electron chi connectivity index (χ3n) is 6.43. The molecule has 4 aromatic rings. The number of hydrogen-bond acceptors (Lipinski definition) is 3. The zero-order valence-corrected chi connectivity index (χ0v) is 20.4. The third-order valence-corrected chi connectivity index (χ3v) is 6.43. The minimum Gasteiger partial charge on any atom is -0.493 e. The van der Waals surface area contributed by atoms with Crippen LogP contribution in [0.2, 0.25) is 0 Å². The molecule has 3 N–H and O–H groups in total. The summed E-state index contributed by atoms with van der Waals surface area (Å²) in [7, 11) is 0. The van der Waals surface area contributed by atoms with Crippen LogP contribution in [0.5, 0.6) is 5.75 Å². The molecule has 0 atom stereocenters. The Labute approximate surface area is 210 Å². The standard InChI is InChI=1S/C30H31NO5/c1-2-3-4-11-21(19-27(32)33)23-14-8-15-24-25(29(30(34)35)31-28(23)24)16-9-18-36-26-17-7-12-20-10-5-6-13-22(20)26/h5-8,10,12-15,17,19,31H,2-4,9,11,16,18H2,1H3,(H,32,33)(H,34,35)/b21-19+. The second kappa shape index (κ2) is 11.6. The minimum atomic E-state index is -1.03. The molecule has 0 spiro atoms. The van der Waals surface area contributed by atoms with Crippen LogP contribution < -0.4 is 4.74 Å². The lowest BCUT2D eigenvalue weighted by molar-refractivity contribution is -0.131. The third kappa shape index (κ3) is 5.60. The first-order chi connectivity index (χ1) is 17.5. The average molecular weight is 486 g/mol. The van der Waals surface area contributed by atoms with Crippen molar-refractivity contribution < 1.29 is 24.5 Å². The molecule has 0 aliphatic rings. The Bertz CT molecular complexity index is 1410. The van der Waals surface area contributed by atoms with E-state index in [0.717, 1.165) is 46.7 Å². The molecule has 36 heavy (non-hydrogen) atoms. The number of carbonyl (C=O) groups is 2. The van der Waals surface area contributed by atoms with Crippen molar-refractivity contribution in [3.05, 3.63) is 83.6 Å². The van der Waals surface area contributed by atoms with E-state index in [-0.39, 0.29) is 5.69 Å². The van der Waals surface area contributed by atoms with E-state index in [1.165, 1.54) is 6.08 Å². The van der Waals surface area contributed by atoms with Gasteiger partial charge in [-0.2, -0.15) is 0 Å². The van der Waals surface area contributed by atoms with Gasteiger partial charge in [0, 0.05) is 22.4 Å². The fourth-order valence-electron chi connectivity index (χ4n) is 4.74. The van der Waals surface area contributed by atoms with Crippen molar-refractivity contribution in [1.29, 1.82) is 0 Å². The maximum absolute atomic E-state index is 12.1. The lowest BCUT2D eigenvalue weighted by Crippen LogP contribution is -2.04. The van der Waals surface area contributed by atoms with Crippen molar-refractivity contribution in [1.82, 2.24) is 4.98 Å². The molecule has 0 fully saturated rings. The number of para-hydroxylation sites is 1. The zero-order chi connectivity index (χ0) is 25.5. The summed E-state index contributed by atoms with van der Waals surface area (Å²) in [5, 5.41) is 22.3. The van der Waals surface area contributed by atoms with E-state index in [0.29, 0.717) is 42.5 Å². The summed E-state index contributed by atoms with van der Waals surface area (Å²) in [6, 6.07) is 19.6. The Morgan fingerprint density at radius 3 is 2.44 bits per heavy atom. The highest BCUT2D eigenvalue weighted by Gasteiger charge is 2.20. The number of aliphatic carboxylic acids is 1. The SMILES string of the molecule is CCCCC/C(=C\C(=O)O)c1cccc2c(CCCOc3cccc4ccccc34)c(C(=O)O)[nH]c12. The van der Waals surface area contributed by atoms with Gasteiger partial charge in [-0.05, 0) is 48.3 Å². The molecule has 0 aliphatic heterocycles.